The predicted octanol–water partition coefficient (Wildman–Crippen LogP) is 2.23. The molecule has 0 unspecified atom stereocenters. The Morgan fingerprint density at radius 1 is 1.31 bits per heavy atom. The summed E-state index contributed by atoms with van der Waals surface area (Å²) in [6.45, 7) is 2.23. The predicted molar refractivity (Wildman–Crippen MR) is 88.2 cm³/mol. The highest BCUT2D eigenvalue weighted by Crippen LogP contribution is 2.30. The van der Waals surface area contributed by atoms with E-state index >= 15 is 0 Å². The summed E-state index contributed by atoms with van der Waals surface area (Å²) in [6, 6.07) is 5.60. The topological polar surface area (TPSA) is 63.1 Å². The van der Waals surface area contributed by atoms with Gasteiger partial charge < -0.3 is 5.32 Å². The summed E-state index contributed by atoms with van der Waals surface area (Å²) < 4.78 is 40.0. The molecule has 0 aromatic carbocycles. The van der Waals surface area contributed by atoms with E-state index in [0.717, 1.165) is 36.2 Å². The van der Waals surface area contributed by atoms with Crippen LogP contribution in [0.5, 0.6) is 0 Å². The summed E-state index contributed by atoms with van der Waals surface area (Å²) in [5.41, 5.74) is -0.610. The molecule has 1 saturated heterocycles. The second kappa shape index (κ2) is 7.45. The molecule has 140 valence electrons. The monoisotopic (exact) mass is 367 g/mol. The number of rotatable bonds is 4. The Kier molecular flexibility index (Phi) is 5.26. The Balaban J connectivity index is 1.56. The van der Waals surface area contributed by atoms with Crippen molar-refractivity contribution in [1.29, 1.82) is 0 Å². The summed E-state index contributed by atoms with van der Waals surface area (Å²) in [5.74, 6) is -0.728. The normalized spacial score (nSPS) is 16.6. The minimum Gasteiger partial charge on any atom is -0.349 e. The molecule has 1 amide bonds. The zero-order valence-electron chi connectivity index (χ0n) is 14.3. The van der Waals surface area contributed by atoms with Crippen LogP contribution in [-0.2, 0) is 19.8 Å². The van der Waals surface area contributed by atoms with Gasteiger partial charge in [-0.15, -0.1) is 0 Å². The highest BCUT2D eigenvalue weighted by molar-refractivity contribution is 5.95. The molecule has 0 aliphatic carbocycles. The van der Waals surface area contributed by atoms with Crippen molar-refractivity contribution >= 4 is 5.91 Å². The van der Waals surface area contributed by atoms with Gasteiger partial charge in [-0.3, -0.25) is 19.4 Å². The average molecular weight is 367 g/mol. The average Bonchev–Trinajstić information content (AvgIpc) is 3.00. The highest BCUT2D eigenvalue weighted by Gasteiger charge is 2.39. The molecule has 3 rings (SSSR count). The molecule has 0 spiro atoms. The first kappa shape index (κ1) is 18.4. The van der Waals surface area contributed by atoms with Gasteiger partial charge >= 0.3 is 6.18 Å². The van der Waals surface area contributed by atoms with E-state index in [-0.39, 0.29) is 6.04 Å². The molecule has 0 bridgehead atoms. The van der Waals surface area contributed by atoms with Crippen molar-refractivity contribution in [3.8, 4) is 0 Å². The first-order chi connectivity index (χ1) is 12.3. The van der Waals surface area contributed by atoms with Crippen molar-refractivity contribution in [2.75, 3.05) is 13.1 Å². The van der Waals surface area contributed by atoms with Gasteiger partial charge in [-0.05, 0) is 25.0 Å². The molecule has 1 N–H and O–H groups in total. The van der Waals surface area contributed by atoms with Crippen molar-refractivity contribution in [3.05, 3.63) is 47.5 Å². The standard InChI is InChI=1S/C17H20F3N5O/c1-24-11-14(15(23-24)17(18,19)20)16(26)22-12-5-8-25(9-6-12)10-13-4-2-3-7-21-13/h2-4,7,11-12H,5-6,8-10H2,1H3,(H,22,26). The summed E-state index contributed by atoms with van der Waals surface area (Å²) in [7, 11) is 1.36. The fraction of sp³-hybridized carbons (Fsp3) is 0.471. The Morgan fingerprint density at radius 3 is 2.65 bits per heavy atom. The Morgan fingerprint density at radius 2 is 2.04 bits per heavy atom. The number of carbonyl (C=O) groups is 1. The summed E-state index contributed by atoms with van der Waals surface area (Å²) in [6.07, 6.45) is -0.441. The van der Waals surface area contributed by atoms with E-state index in [2.05, 4.69) is 20.3 Å². The summed E-state index contributed by atoms with van der Waals surface area (Å²) in [4.78, 5) is 18.8. The van der Waals surface area contributed by atoms with Crippen molar-refractivity contribution in [3.63, 3.8) is 0 Å². The van der Waals surface area contributed by atoms with E-state index in [9.17, 15) is 18.0 Å². The van der Waals surface area contributed by atoms with Crippen LogP contribution in [0.3, 0.4) is 0 Å². The fourth-order valence-corrected chi connectivity index (χ4v) is 3.08. The van der Waals surface area contributed by atoms with Gasteiger partial charge in [-0.1, -0.05) is 6.07 Å². The van der Waals surface area contributed by atoms with Crippen molar-refractivity contribution in [2.45, 2.75) is 31.6 Å². The quantitative estimate of drug-likeness (QED) is 0.900. The number of hydrogen-bond acceptors (Lipinski definition) is 4. The third kappa shape index (κ3) is 4.40. The van der Waals surface area contributed by atoms with E-state index in [1.54, 1.807) is 6.20 Å². The molecule has 1 aliphatic heterocycles. The lowest BCUT2D eigenvalue weighted by Crippen LogP contribution is -2.44. The summed E-state index contributed by atoms with van der Waals surface area (Å²) >= 11 is 0. The van der Waals surface area contributed by atoms with Crippen LogP contribution in [0.25, 0.3) is 0 Å². The minimum absolute atomic E-state index is 0.149. The number of piperidine rings is 1. The second-order valence-electron chi connectivity index (χ2n) is 6.41. The molecule has 0 atom stereocenters. The lowest BCUT2D eigenvalue weighted by atomic mass is 10.0. The Hall–Kier alpha value is -2.42. The molecule has 2 aromatic rings. The number of halogens is 3. The van der Waals surface area contributed by atoms with E-state index in [0.29, 0.717) is 12.8 Å². The maximum atomic E-state index is 13.0. The smallest absolute Gasteiger partial charge is 0.349 e. The number of nitrogens with zero attached hydrogens (tertiary/aromatic N) is 4. The zero-order valence-corrected chi connectivity index (χ0v) is 14.3. The Bertz CT molecular complexity index is 752. The number of carbonyl (C=O) groups excluding carboxylic acids is 1. The maximum absolute atomic E-state index is 13.0. The number of nitrogens with one attached hydrogen (secondary N) is 1. The highest BCUT2D eigenvalue weighted by atomic mass is 19.4. The molecular weight excluding hydrogens is 347 g/mol. The number of amides is 1. The van der Waals surface area contributed by atoms with Gasteiger partial charge in [0.05, 0.1) is 11.3 Å². The first-order valence-corrected chi connectivity index (χ1v) is 8.37. The van der Waals surface area contributed by atoms with E-state index < -0.39 is 23.3 Å². The van der Waals surface area contributed by atoms with E-state index in [1.807, 2.05) is 18.2 Å². The molecule has 6 nitrogen and oxygen atoms in total. The third-order valence-electron chi connectivity index (χ3n) is 4.38. The SMILES string of the molecule is Cn1cc(C(=O)NC2CCN(Cc3ccccn3)CC2)c(C(F)(F)F)n1. The van der Waals surface area contributed by atoms with E-state index in [1.165, 1.54) is 7.05 Å². The molecule has 2 aromatic heterocycles. The first-order valence-electron chi connectivity index (χ1n) is 8.37. The van der Waals surface area contributed by atoms with Gasteiger partial charge in [0.2, 0.25) is 0 Å². The molecular formula is C17H20F3N5O. The number of pyridine rings is 1. The van der Waals surface area contributed by atoms with Gasteiger partial charge in [0.1, 0.15) is 0 Å². The molecule has 0 radical (unpaired) electrons. The molecule has 0 saturated carbocycles. The molecule has 26 heavy (non-hydrogen) atoms. The zero-order chi connectivity index (χ0) is 18.7. The van der Waals surface area contributed by atoms with Crippen LogP contribution >= 0.6 is 0 Å². The number of likely N-dealkylation sites (tertiary alicyclic amines) is 1. The van der Waals surface area contributed by atoms with Crippen LogP contribution in [0, 0.1) is 0 Å². The van der Waals surface area contributed by atoms with Crippen LogP contribution in [0.15, 0.2) is 30.6 Å². The molecule has 9 heteroatoms. The fourth-order valence-electron chi connectivity index (χ4n) is 3.08. The van der Waals surface area contributed by atoms with Crippen LogP contribution in [0.1, 0.15) is 34.6 Å². The third-order valence-corrected chi connectivity index (χ3v) is 4.38. The van der Waals surface area contributed by atoms with E-state index in [4.69, 9.17) is 0 Å². The number of aryl methyl sites for hydroxylation is 1. The van der Waals surface area contributed by atoms with Gasteiger partial charge in [-0.2, -0.15) is 18.3 Å². The largest absolute Gasteiger partial charge is 0.435 e. The summed E-state index contributed by atoms with van der Waals surface area (Å²) in [5, 5.41) is 6.08. The minimum atomic E-state index is -4.65. The van der Waals surface area contributed by atoms with Crippen LogP contribution < -0.4 is 5.32 Å². The van der Waals surface area contributed by atoms with Crippen molar-refractivity contribution in [1.82, 2.24) is 25.0 Å². The van der Waals surface area contributed by atoms with Crippen LogP contribution in [-0.4, -0.2) is 44.7 Å². The molecule has 1 fully saturated rings. The maximum Gasteiger partial charge on any atom is 0.435 e. The number of hydrogen-bond donors (Lipinski definition) is 1. The second-order valence-corrected chi connectivity index (χ2v) is 6.41. The lowest BCUT2D eigenvalue weighted by molar-refractivity contribution is -0.141. The number of aromatic nitrogens is 3. The number of alkyl halides is 3. The van der Waals surface area contributed by atoms with Gasteiger partial charge in [0.25, 0.3) is 5.91 Å². The molecule has 1 aliphatic rings. The molecule has 3 heterocycles. The van der Waals surface area contributed by atoms with Crippen LogP contribution in [0.4, 0.5) is 13.2 Å². The van der Waals surface area contributed by atoms with Gasteiger partial charge in [0, 0.05) is 45.1 Å². The van der Waals surface area contributed by atoms with Gasteiger partial charge in [0.15, 0.2) is 5.69 Å². The van der Waals surface area contributed by atoms with Crippen molar-refractivity contribution in [2.24, 2.45) is 7.05 Å². The van der Waals surface area contributed by atoms with Crippen LogP contribution in [0.2, 0.25) is 0 Å². The van der Waals surface area contributed by atoms with Gasteiger partial charge in [-0.25, -0.2) is 0 Å². The van der Waals surface area contributed by atoms with Crippen molar-refractivity contribution < 1.29 is 18.0 Å². The Labute approximate surface area is 149 Å². The lowest BCUT2D eigenvalue weighted by Gasteiger charge is -2.32.